The minimum atomic E-state index is -0.332. The number of furan rings is 1. The first-order valence-electron chi connectivity index (χ1n) is 5.41. The van der Waals surface area contributed by atoms with E-state index in [0.717, 1.165) is 0 Å². The molecule has 2 aromatic rings. The summed E-state index contributed by atoms with van der Waals surface area (Å²) in [6.45, 7) is 0. The van der Waals surface area contributed by atoms with E-state index < -0.39 is 0 Å². The summed E-state index contributed by atoms with van der Waals surface area (Å²) in [6, 6.07) is 8.02. The molecular weight excluding hydrogens is 301 g/mol. The van der Waals surface area contributed by atoms with Crippen LogP contribution in [0.2, 0.25) is 0 Å². The fraction of sp³-hybridized carbons (Fsp3) is 0.231. The number of benzene rings is 1. The van der Waals surface area contributed by atoms with Gasteiger partial charge in [-0.15, -0.1) is 0 Å². The third-order valence-corrected chi connectivity index (χ3v) is 3.11. The van der Waals surface area contributed by atoms with E-state index in [1.165, 1.54) is 13.2 Å². The van der Waals surface area contributed by atoms with E-state index in [1.54, 1.807) is 31.3 Å². The van der Waals surface area contributed by atoms with Gasteiger partial charge in [-0.25, -0.2) is 4.39 Å². The molecule has 5 heteroatoms. The molecule has 96 valence electrons. The second-order valence-corrected chi connectivity index (χ2v) is 4.53. The van der Waals surface area contributed by atoms with Crippen LogP contribution in [0.1, 0.15) is 17.4 Å². The van der Waals surface area contributed by atoms with Crippen molar-refractivity contribution in [3.8, 4) is 5.75 Å². The van der Waals surface area contributed by atoms with E-state index in [-0.39, 0.29) is 11.9 Å². The lowest BCUT2D eigenvalue weighted by atomic mass is 10.0. The van der Waals surface area contributed by atoms with Gasteiger partial charge >= 0.3 is 0 Å². The number of nitrogens with one attached hydrogen (secondary N) is 1. The second-order valence-electron chi connectivity index (χ2n) is 3.75. The van der Waals surface area contributed by atoms with Gasteiger partial charge in [0.2, 0.25) is 0 Å². The molecule has 1 N–H and O–H groups in total. The summed E-state index contributed by atoms with van der Waals surface area (Å²) in [7, 11) is 3.26. The van der Waals surface area contributed by atoms with E-state index in [2.05, 4.69) is 21.2 Å². The predicted molar refractivity (Wildman–Crippen MR) is 70.3 cm³/mol. The lowest BCUT2D eigenvalue weighted by Crippen LogP contribution is -2.18. The van der Waals surface area contributed by atoms with Gasteiger partial charge in [0, 0.05) is 11.6 Å². The molecule has 1 atom stereocenters. The largest absolute Gasteiger partial charge is 0.497 e. The number of hydrogen-bond acceptors (Lipinski definition) is 3. The van der Waals surface area contributed by atoms with Crippen LogP contribution in [0.4, 0.5) is 4.39 Å². The molecule has 0 aliphatic carbocycles. The lowest BCUT2D eigenvalue weighted by Gasteiger charge is -2.15. The van der Waals surface area contributed by atoms with Crippen LogP contribution in [-0.2, 0) is 0 Å². The SMILES string of the molecule is CNC(c1ccc(Br)o1)c1ccc(OC)cc1F. The quantitative estimate of drug-likeness (QED) is 0.938. The Bertz CT molecular complexity index is 542. The Kier molecular flexibility index (Phi) is 4.04. The molecule has 2 rings (SSSR count). The smallest absolute Gasteiger partial charge is 0.169 e. The van der Waals surface area contributed by atoms with E-state index >= 15 is 0 Å². The van der Waals surface area contributed by atoms with Crippen LogP contribution in [-0.4, -0.2) is 14.2 Å². The summed E-state index contributed by atoms with van der Waals surface area (Å²) in [4.78, 5) is 0. The Labute approximate surface area is 113 Å². The number of methoxy groups -OCH3 is 1. The Morgan fingerprint density at radius 3 is 2.61 bits per heavy atom. The Morgan fingerprint density at radius 1 is 1.33 bits per heavy atom. The first-order valence-corrected chi connectivity index (χ1v) is 6.21. The average molecular weight is 314 g/mol. The van der Waals surface area contributed by atoms with E-state index in [4.69, 9.17) is 9.15 Å². The Morgan fingerprint density at radius 2 is 2.11 bits per heavy atom. The van der Waals surface area contributed by atoms with E-state index in [1.807, 2.05) is 0 Å². The molecule has 0 bridgehead atoms. The Hall–Kier alpha value is -1.33. The first-order chi connectivity index (χ1) is 8.65. The van der Waals surface area contributed by atoms with Gasteiger partial charge in [0.1, 0.15) is 17.3 Å². The molecular formula is C13H13BrFNO2. The molecule has 0 amide bonds. The van der Waals surface area contributed by atoms with Crippen LogP contribution < -0.4 is 10.1 Å². The second kappa shape index (κ2) is 5.54. The Balaban J connectivity index is 2.39. The molecule has 0 radical (unpaired) electrons. The van der Waals surface area contributed by atoms with Crippen LogP contribution >= 0.6 is 15.9 Å². The molecule has 0 aliphatic heterocycles. The zero-order chi connectivity index (χ0) is 13.1. The third-order valence-electron chi connectivity index (χ3n) is 2.69. The van der Waals surface area contributed by atoms with Crippen LogP contribution in [0.3, 0.4) is 0 Å². The zero-order valence-electron chi connectivity index (χ0n) is 10.0. The number of rotatable bonds is 4. The normalized spacial score (nSPS) is 12.4. The molecule has 0 fully saturated rings. The van der Waals surface area contributed by atoms with Crippen molar-refractivity contribution < 1.29 is 13.5 Å². The maximum Gasteiger partial charge on any atom is 0.169 e. The molecule has 3 nitrogen and oxygen atoms in total. The summed E-state index contributed by atoms with van der Waals surface area (Å²) in [5.41, 5.74) is 0.514. The fourth-order valence-electron chi connectivity index (χ4n) is 1.80. The zero-order valence-corrected chi connectivity index (χ0v) is 11.6. The highest BCUT2D eigenvalue weighted by Gasteiger charge is 2.19. The van der Waals surface area contributed by atoms with Crippen molar-refractivity contribution in [1.82, 2.24) is 5.32 Å². The molecule has 1 heterocycles. The minimum absolute atomic E-state index is 0.331. The number of hydrogen-bond donors (Lipinski definition) is 1. The van der Waals surface area contributed by atoms with E-state index in [9.17, 15) is 4.39 Å². The van der Waals surface area contributed by atoms with Gasteiger partial charge in [0.15, 0.2) is 4.67 Å². The van der Waals surface area contributed by atoms with Crippen molar-refractivity contribution in [2.45, 2.75) is 6.04 Å². The summed E-state index contributed by atoms with van der Waals surface area (Å²) < 4.78 is 25.1. The molecule has 1 unspecified atom stereocenters. The van der Waals surface area contributed by atoms with Gasteiger partial charge in [-0.05, 0) is 41.2 Å². The fourth-order valence-corrected chi connectivity index (χ4v) is 2.12. The summed E-state index contributed by atoms with van der Waals surface area (Å²) >= 11 is 3.24. The van der Waals surface area contributed by atoms with Crippen LogP contribution in [0, 0.1) is 5.82 Å². The van der Waals surface area contributed by atoms with Crippen molar-refractivity contribution in [2.24, 2.45) is 0 Å². The first kappa shape index (κ1) is 13.1. The molecule has 0 saturated carbocycles. The maximum absolute atomic E-state index is 14.0. The minimum Gasteiger partial charge on any atom is -0.497 e. The van der Waals surface area contributed by atoms with E-state index in [0.29, 0.717) is 21.7 Å². The van der Waals surface area contributed by atoms with Gasteiger partial charge in [-0.2, -0.15) is 0 Å². The molecule has 18 heavy (non-hydrogen) atoms. The standard InChI is InChI=1S/C13H13BrFNO2/c1-16-13(11-5-6-12(14)18-11)9-4-3-8(17-2)7-10(9)15/h3-7,13,16H,1-2H3. The monoisotopic (exact) mass is 313 g/mol. The highest BCUT2D eigenvalue weighted by atomic mass is 79.9. The van der Waals surface area contributed by atoms with Crippen molar-refractivity contribution in [1.29, 1.82) is 0 Å². The van der Waals surface area contributed by atoms with Crippen molar-refractivity contribution in [3.05, 3.63) is 52.1 Å². The molecule has 0 spiro atoms. The lowest BCUT2D eigenvalue weighted by molar-refractivity contribution is 0.407. The van der Waals surface area contributed by atoms with Crippen molar-refractivity contribution in [2.75, 3.05) is 14.2 Å². The van der Waals surface area contributed by atoms with Gasteiger partial charge in [0.05, 0.1) is 13.2 Å². The topological polar surface area (TPSA) is 34.4 Å². The van der Waals surface area contributed by atoms with Gasteiger partial charge in [-0.1, -0.05) is 6.07 Å². The highest BCUT2D eigenvalue weighted by Crippen LogP contribution is 2.29. The highest BCUT2D eigenvalue weighted by molar-refractivity contribution is 9.10. The molecule has 0 saturated heterocycles. The van der Waals surface area contributed by atoms with Crippen LogP contribution in [0.15, 0.2) is 39.4 Å². The van der Waals surface area contributed by atoms with Crippen molar-refractivity contribution >= 4 is 15.9 Å². The predicted octanol–water partition coefficient (Wildman–Crippen LogP) is 3.50. The van der Waals surface area contributed by atoms with Crippen molar-refractivity contribution in [3.63, 3.8) is 0 Å². The average Bonchev–Trinajstić information content (AvgIpc) is 2.78. The van der Waals surface area contributed by atoms with Gasteiger partial charge in [0.25, 0.3) is 0 Å². The third kappa shape index (κ3) is 2.57. The van der Waals surface area contributed by atoms with Crippen LogP contribution in [0.5, 0.6) is 5.75 Å². The molecule has 1 aromatic heterocycles. The van der Waals surface area contributed by atoms with Gasteiger partial charge in [-0.3, -0.25) is 0 Å². The van der Waals surface area contributed by atoms with Crippen LogP contribution in [0.25, 0.3) is 0 Å². The number of ether oxygens (including phenoxy) is 1. The number of halogens is 2. The van der Waals surface area contributed by atoms with Gasteiger partial charge < -0.3 is 14.5 Å². The summed E-state index contributed by atoms with van der Waals surface area (Å²) in [6.07, 6.45) is 0. The maximum atomic E-state index is 14.0. The summed E-state index contributed by atoms with van der Waals surface area (Å²) in [5.74, 6) is 0.807. The molecule has 1 aromatic carbocycles. The molecule has 0 aliphatic rings. The summed E-state index contributed by atoms with van der Waals surface area (Å²) in [5, 5.41) is 3.03.